The highest BCUT2D eigenvalue weighted by molar-refractivity contribution is 8.26. The summed E-state index contributed by atoms with van der Waals surface area (Å²) in [7, 11) is 0. The van der Waals surface area contributed by atoms with Crippen molar-refractivity contribution in [3.8, 4) is 5.75 Å². The summed E-state index contributed by atoms with van der Waals surface area (Å²) >= 11 is 12.9. The largest absolute Gasteiger partial charge is 0.467 e. The van der Waals surface area contributed by atoms with E-state index in [9.17, 15) is 9.59 Å². The first-order valence-electron chi connectivity index (χ1n) is 9.27. The quantitative estimate of drug-likeness (QED) is 0.202. The molecule has 5 nitrogen and oxygen atoms in total. The second-order valence-corrected chi connectivity index (χ2v) is 8.88. The number of thioether (sulfide) groups is 1. The first-order valence-corrected chi connectivity index (χ1v) is 10.9. The summed E-state index contributed by atoms with van der Waals surface area (Å²) < 4.78 is 11.2. The van der Waals surface area contributed by atoms with Crippen molar-refractivity contribution in [3.05, 3.63) is 93.2 Å². The van der Waals surface area contributed by atoms with E-state index >= 15 is 0 Å². The number of carbonyl (C=O) groups excluding carboxylic acids is 2. The molecule has 1 aliphatic rings. The van der Waals surface area contributed by atoms with E-state index in [1.807, 2.05) is 13.0 Å². The van der Waals surface area contributed by atoms with Crippen molar-refractivity contribution in [1.29, 1.82) is 0 Å². The van der Waals surface area contributed by atoms with Crippen LogP contribution in [0.3, 0.4) is 0 Å². The van der Waals surface area contributed by atoms with Crippen LogP contribution in [0.2, 0.25) is 5.02 Å². The Bertz CT molecular complexity index is 1200. The molecule has 8 heteroatoms. The van der Waals surface area contributed by atoms with Gasteiger partial charge in [0.05, 0.1) is 28.3 Å². The third-order valence-corrected chi connectivity index (χ3v) is 6.15. The molecule has 1 aliphatic heterocycles. The molecule has 2 aromatic carbocycles. The molecule has 2 heterocycles. The van der Waals surface area contributed by atoms with Crippen LogP contribution in [0.1, 0.15) is 27.2 Å². The number of carbonyl (C=O) groups is 2. The predicted octanol–water partition coefficient (Wildman–Crippen LogP) is 5.86. The number of nitrogens with zero attached hydrogens (tertiary/aromatic N) is 1. The highest BCUT2D eigenvalue weighted by Gasteiger charge is 2.32. The van der Waals surface area contributed by atoms with Gasteiger partial charge in [-0.3, -0.25) is 9.69 Å². The van der Waals surface area contributed by atoms with Crippen LogP contribution >= 0.6 is 35.6 Å². The fourth-order valence-corrected chi connectivity index (χ4v) is 4.45. The Morgan fingerprint density at radius 3 is 2.77 bits per heavy atom. The van der Waals surface area contributed by atoms with E-state index in [1.165, 1.54) is 16.7 Å². The number of thiocarbonyl (C=S) groups is 1. The molecule has 1 aromatic heterocycles. The lowest BCUT2D eigenvalue weighted by Crippen LogP contribution is -2.27. The van der Waals surface area contributed by atoms with E-state index in [2.05, 4.69) is 0 Å². The van der Waals surface area contributed by atoms with Crippen LogP contribution < -0.4 is 4.74 Å². The zero-order chi connectivity index (χ0) is 22.0. The molecule has 0 unspecified atom stereocenters. The van der Waals surface area contributed by atoms with Gasteiger partial charge < -0.3 is 9.15 Å². The minimum atomic E-state index is -0.489. The van der Waals surface area contributed by atoms with Crippen molar-refractivity contribution in [2.24, 2.45) is 0 Å². The summed E-state index contributed by atoms with van der Waals surface area (Å²) in [4.78, 5) is 27.1. The van der Waals surface area contributed by atoms with Gasteiger partial charge in [-0.15, -0.1) is 0 Å². The van der Waals surface area contributed by atoms with Crippen LogP contribution in [0.5, 0.6) is 5.75 Å². The van der Waals surface area contributed by atoms with Gasteiger partial charge >= 0.3 is 5.97 Å². The van der Waals surface area contributed by atoms with Crippen molar-refractivity contribution in [1.82, 2.24) is 4.90 Å². The summed E-state index contributed by atoms with van der Waals surface area (Å²) in [5.74, 6) is 0.214. The zero-order valence-corrected chi connectivity index (χ0v) is 18.7. The van der Waals surface area contributed by atoms with E-state index in [0.717, 1.165) is 5.56 Å². The third kappa shape index (κ3) is 4.90. The summed E-state index contributed by atoms with van der Waals surface area (Å²) in [6.07, 6.45) is 3.26. The molecule has 31 heavy (non-hydrogen) atoms. The van der Waals surface area contributed by atoms with Gasteiger partial charge in [0.15, 0.2) is 0 Å². The molecule has 0 radical (unpaired) electrons. The molecule has 1 fully saturated rings. The van der Waals surface area contributed by atoms with Gasteiger partial charge in [0.2, 0.25) is 0 Å². The van der Waals surface area contributed by atoms with Crippen LogP contribution in [0.4, 0.5) is 0 Å². The first-order chi connectivity index (χ1) is 14.9. The normalized spacial score (nSPS) is 15.0. The number of rotatable bonds is 5. The molecule has 3 aromatic rings. The zero-order valence-electron chi connectivity index (χ0n) is 16.3. The minimum Gasteiger partial charge on any atom is -0.467 e. The minimum absolute atomic E-state index is 0.197. The van der Waals surface area contributed by atoms with Crippen LogP contribution in [0, 0.1) is 6.92 Å². The maximum Gasteiger partial charge on any atom is 0.343 e. The molecular formula is C23H16ClNO4S2. The molecule has 0 bridgehead atoms. The highest BCUT2D eigenvalue weighted by Crippen LogP contribution is 2.35. The fourth-order valence-electron chi connectivity index (χ4n) is 2.97. The van der Waals surface area contributed by atoms with Gasteiger partial charge in [0.1, 0.15) is 15.8 Å². The van der Waals surface area contributed by atoms with E-state index in [-0.39, 0.29) is 23.2 Å². The molecule has 1 amide bonds. The number of furan rings is 1. The number of amides is 1. The summed E-state index contributed by atoms with van der Waals surface area (Å²) in [5, 5.41) is 0.265. The van der Waals surface area contributed by atoms with Crippen molar-refractivity contribution < 1.29 is 18.7 Å². The number of benzene rings is 2. The van der Waals surface area contributed by atoms with Gasteiger partial charge in [-0.2, -0.15) is 0 Å². The van der Waals surface area contributed by atoms with E-state index in [1.54, 1.807) is 60.9 Å². The van der Waals surface area contributed by atoms with Gasteiger partial charge in [-0.25, -0.2) is 4.79 Å². The lowest BCUT2D eigenvalue weighted by molar-refractivity contribution is -0.122. The maximum absolute atomic E-state index is 12.7. The van der Waals surface area contributed by atoms with Crippen LogP contribution in [0.15, 0.2) is 70.2 Å². The second-order valence-electron chi connectivity index (χ2n) is 6.80. The Kier molecular flexibility index (Phi) is 6.27. The maximum atomic E-state index is 12.7. The SMILES string of the molecule is Cc1cccc(C(=O)Oc2ccc(/C=C3\SC(=S)N(Cc4ccco4)C3=O)cc2Cl)c1. The topological polar surface area (TPSA) is 59.8 Å². The summed E-state index contributed by atoms with van der Waals surface area (Å²) in [5.41, 5.74) is 2.10. The molecule has 0 aliphatic carbocycles. The first kappa shape index (κ1) is 21.4. The van der Waals surface area contributed by atoms with Gasteiger partial charge in [-0.05, 0) is 55.0 Å². The number of hydrogen-bond donors (Lipinski definition) is 0. The number of halogens is 1. The highest BCUT2D eigenvalue weighted by atomic mass is 35.5. The lowest BCUT2D eigenvalue weighted by Gasteiger charge is -2.12. The average Bonchev–Trinajstić information content (AvgIpc) is 3.34. The lowest BCUT2D eigenvalue weighted by atomic mass is 10.1. The Morgan fingerprint density at radius 2 is 2.06 bits per heavy atom. The molecule has 156 valence electrons. The predicted molar refractivity (Wildman–Crippen MR) is 125 cm³/mol. The Labute approximate surface area is 193 Å². The molecule has 4 rings (SSSR count). The molecule has 1 saturated heterocycles. The molecule has 0 N–H and O–H groups in total. The summed E-state index contributed by atoms with van der Waals surface area (Å²) in [6.45, 7) is 2.18. The standard InChI is InChI=1S/C23H16ClNO4S2/c1-14-4-2-5-16(10-14)22(27)29-19-8-7-15(11-18(19)24)12-20-21(26)25(23(30)31-20)13-17-6-3-9-28-17/h2-12H,13H2,1H3/b20-12-. The monoisotopic (exact) mass is 469 g/mol. The third-order valence-electron chi connectivity index (χ3n) is 4.48. The van der Waals surface area contributed by atoms with Gasteiger partial charge in [0, 0.05) is 0 Å². The van der Waals surface area contributed by atoms with Gasteiger partial charge in [0.25, 0.3) is 5.91 Å². The van der Waals surface area contributed by atoms with Crippen molar-refractivity contribution >= 4 is 57.9 Å². The fraction of sp³-hybridized carbons (Fsp3) is 0.0870. The van der Waals surface area contributed by atoms with Crippen molar-refractivity contribution in [2.75, 3.05) is 0 Å². The van der Waals surface area contributed by atoms with E-state index < -0.39 is 5.97 Å². The average molecular weight is 470 g/mol. The molecule has 0 saturated carbocycles. The second kappa shape index (κ2) is 9.09. The van der Waals surface area contributed by atoms with Crippen LogP contribution in [0.25, 0.3) is 6.08 Å². The van der Waals surface area contributed by atoms with Crippen molar-refractivity contribution in [3.63, 3.8) is 0 Å². The van der Waals surface area contributed by atoms with Gasteiger partial charge in [-0.1, -0.05) is 59.3 Å². The molecule has 0 spiro atoms. The molecular weight excluding hydrogens is 454 g/mol. The van der Waals surface area contributed by atoms with E-state index in [4.69, 9.17) is 33.0 Å². The van der Waals surface area contributed by atoms with E-state index in [0.29, 0.717) is 26.1 Å². The Balaban J connectivity index is 1.49. The molecule has 0 atom stereocenters. The summed E-state index contributed by atoms with van der Waals surface area (Å²) in [6, 6.07) is 15.6. The smallest absolute Gasteiger partial charge is 0.343 e. The number of hydrogen-bond acceptors (Lipinski definition) is 6. The number of ether oxygens (including phenoxy) is 1. The van der Waals surface area contributed by atoms with Crippen LogP contribution in [-0.4, -0.2) is 21.1 Å². The Morgan fingerprint density at radius 1 is 1.23 bits per heavy atom. The van der Waals surface area contributed by atoms with Crippen molar-refractivity contribution in [2.45, 2.75) is 13.5 Å². The van der Waals surface area contributed by atoms with Crippen LogP contribution in [-0.2, 0) is 11.3 Å². The number of esters is 1. The Hall–Kier alpha value is -2.87. The number of aryl methyl sites for hydroxylation is 1.